The third-order valence-corrected chi connectivity index (χ3v) is 2.54. The lowest BCUT2D eigenvalue weighted by Gasteiger charge is -1.97. The maximum atomic E-state index is 5.81. The summed E-state index contributed by atoms with van der Waals surface area (Å²) < 4.78 is 5.22. The Labute approximate surface area is 103 Å². The molecule has 5 nitrogen and oxygen atoms in total. The lowest BCUT2D eigenvalue weighted by Crippen LogP contribution is -1.90. The summed E-state index contributed by atoms with van der Waals surface area (Å²) in [6.07, 6.45) is 3.19. The first-order valence-electron chi connectivity index (χ1n) is 5.43. The zero-order valence-corrected chi connectivity index (χ0v) is 9.45. The van der Waals surface area contributed by atoms with Crippen molar-refractivity contribution in [2.75, 3.05) is 5.73 Å². The number of aromatic nitrogens is 3. The number of hydrogen-bond acceptors (Lipinski definition) is 5. The second kappa shape index (κ2) is 4.29. The molecule has 5 heteroatoms. The second-order valence-electron chi connectivity index (χ2n) is 3.75. The number of rotatable bonds is 2. The van der Waals surface area contributed by atoms with Gasteiger partial charge < -0.3 is 10.3 Å². The molecule has 0 radical (unpaired) electrons. The molecule has 3 rings (SSSR count). The van der Waals surface area contributed by atoms with E-state index in [0.717, 1.165) is 5.56 Å². The standard InChI is InChI=1S/C13H10N4O/c14-11-8-15-7-6-10(11)13-16-12(17-18-13)9-4-2-1-3-5-9/h1-8H,14H2. The molecule has 0 aliphatic heterocycles. The molecular formula is C13H10N4O. The molecule has 0 bridgehead atoms. The largest absolute Gasteiger partial charge is 0.397 e. The monoisotopic (exact) mass is 238 g/mol. The van der Waals surface area contributed by atoms with E-state index in [1.54, 1.807) is 18.5 Å². The van der Waals surface area contributed by atoms with Crippen molar-refractivity contribution in [3.8, 4) is 22.8 Å². The molecule has 18 heavy (non-hydrogen) atoms. The van der Waals surface area contributed by atoms with Gasteiger partial charge in [-0.2, -0.15) is 4.98 Å². The Balaban J connectivity index is 2.03. The fourth-order valence-corrected chi connectivity index (χ4v) is 1.64. The Morgan fingerprint density at radius 3 is 2.67 bits per heavy atom. The number of anilines is 1. The van der Waals surface area contributed by atoms with Crippen LogP contribution in [0.4, 0.5) is 5.69 Å². The molecule has 2 N–H and O–H groups in total. The molecule has 0 saturated carbocycles. The molecule has 3 aromatic rings. The van der Waals surface area contributed by atoms with Crippen molar-refractivity contribution < 1.29 is 4.52 Å². The quantitative estimate of drug-likeness (QED) is 0.741. The summed E-state index contributed by atoms with van der Waals surface area (Å²) in [6.45, 7) is 0. The van der Waals surface area contributed by atoms with Gasteiger partial charge in [-0.15, -0.1) is 0 Å². The highest BCUT2D eigenvalue weighted by molar-refractivity contribution is 5.70. The van der Waals surface area contributed by atoms with Crippen LogP contribution in [0.1, 0.15) is 0 Å². The average molecular weight is 238 g/mol. The minimum atomic E-state index is 0.397. The molecule has 0 aliphatic rings. The smallest absolute Gasteiger partial charge is 0.260 e. The Kier molecular flexibility index (Phi) is 2.49. The van der Waals surface area contributed by atoms with E-state index in [0.29, 0.717) is 23.0 Å². The van der Waals surface area contributed by atoms with Gasteiger partial charge in [0.2, 0.25) is 5.82 Å². The first kappa shape index (κ1) is 10.5. The zero-order valence-electron chi connectivity index (χ0n) is 9.45. The van der Waals surface area contributed by atoms with E-state index in [-0.39, 0.29) is 0 Å². The molecule has 1 aromatic carbocycles. The number of nitrogens with two attached hydrogens (primary N) is 1. The fraction of sp³-hybridized carbons (Fsp3) is 0. The zero-order chi connectivity index (χ0) is 12.4. The predicted octanol–water partition coefficient (Wildman–Crippen LogP) is 2.38. The van der Waals surface area contributed by atoms with Crippen LogP contribution >= 0.6 is 0 Å². The van der Waals surface area contributed by atoms with Crippen LogP contribution in [-0.4, -0.2) is 15.1 Å². The van der Waals surface area contributed by atoms with Crippen LogP contribution in [0.2, 0.25) is 0 Å². The Morgan fingerprint density at radius 1 is 1.06 bits per heavy atom. The van der Waals surface area contributed by atoms with Gasteiger partial charge in [0.15, 0.2) is 0 Å². The Bertz CT molecular complexity index is 664. The van der Waals surface area contributed by atoms with Crippen molar-refractivity contribution in [3.05, 3.63) is 48.8 Å². The van der Waals surface area contributed by atoms with E-state index >= 15 is 0 Å². The number of nitrogens with zero attached hydrogens (tertiary/aromatic N) is 3. The molecule has 2 aromatic heterocycles. The highest BCUT2D eigenvalue weighted by Crippen LogP contribution is 2.25. The topological polar surface area (TPSA) is 77.8 Å². The number of nitrogen functional groups attached to an aromatic ring is 1. The van der Waals surface area contributed by atoms with E-state index in [9.17, 15) is 0 Å². The van der Waals surface area contributed by atoms with Crippen LogP contribution in [-0.2, 0) is 0 Å². The molecule has 0 fully saturated rings. The van der Waals surface area contributed by atoms with Crippen molar-refractivity contribution in [1.82, 2.24) is 15.1 Å². The molecule has 88 valence electrons. The number of benzene rings is 1. The SMILES string of the molecule is Nc1cnccc1-c1nc(-c2ccccc2)no1. The highest BCUT2D eigenvalue weighted by Gasteiger charge is 2.12. The summed E-state index contributed by atoms with van der Waals surface area (Å²) >= 11 is 0. The van der Waals surface area contributed by atoms with Crippen LogP contribution in [0, 0.1) is 0 Å². The maximum absolute atomic E-state index is 5.81. The fourth-order valence-electron chi connectivity index (χ4n) is 1.64. The van der Waals surface area contributed by atoms with Crippen molar-refractivity contribution in [2.45, 2.75) is 0 Å². The summed E-state index contributed by atoms with van der Waals surface area (Å²) in [6, 6.07) is 11.4. The molecule has 0 saturated heterocycles. The van der Waals surface area contributed by atoms with Crippen LogP contribution < -0.4 is 5.73 Å². The first-order valence-corrected chi connectivity index (χ1v) is 5.43. The van der Waals surface area contributed by atoms with Gasteiger partial charge in [0.25, 0.3) is 5.89 Å². The molecule has 0 amide bonds. The van der Waals surface area contributed by atoms with Gasteiger partial charge in [-0.3, -0.25) is 4.98 Å². The third kappa shape index (κ3) is 1.82. The minimum Gasteiger partial charge on any atom is -0.397 e. The average Bonchev–Trinajstić information content (AvgIpc) is 2.90. The van der Waals surface area contributed by atoms with Gasteiger partial charge in [-0.25, -0.2) is 0 Å². The van der Waals surface area contributed by atoms with Crippen LogP contribution in [0.15, 0.2) is 53.3 Å². The summed E-state index contributed by atoms with van der Waals surface area (Å²) in [4.78, 5) is 8.25. The van der Waals surface area contributed by atoms with Gasteiger partial charge in [0.1, 0.15) is 0 Å². The molecule has 0 atom stereocenters. The van der Waals surface area contributed by atoms with Crippen molar-refractivity contribution >= 4 is 5.69 Å². The van der Waals surface area contributed by atoms with Crippen molar-refractivity contribution in [3.63, 3.8) is 0 Å². The summed E-state index contributed by atoms with van der Waals surface area (Å²) in [5, 5.41) is 3.94. The normalized spacial score (nSPS) is 10.4. The molecule has 0 aliphatic carbocycles. The lowest BCUT2D eigenvalue weighted by molar-refractivity contribution is 0.432. The van der Waals surface area contributed by atoms with E-state index in [1.807, 2.05) is 30.3 Å². The highest BCUT2D eigenvalue weighted by atomic mass is 16.5. The summed E-state index contributed by atoms with van der Waals surface area (Å²) in [7, 11) is 0. The summed E-state index contributed by atoms with van der Waals surface area (Å²) in [5.74, 6) is 0.940. The van der Waals surface area contributed by atoms with Gasteiger partial charge in [-0.05, 0) is 6.07 Å². The predicted molar refractivity (Wildman–Crippen MR) is 67.4 cm³/mol. The number of hydrogen-bond donors (Lipinski definition) is 1. The Morgan fingerprint density at radius 2 is 1.89 bits per heavy atom. The van der Waals surface area contributed by atoms with Crippen LogP contribution in [0.3, 0.4) is 0 Å². The van der Waals surface area contributed by atoms with E-state index in [2.05, 4.69) is 15.1 Å². The van der Waals surface area contributed by atoms with Gasteiger partial charge in [-0.1, -0.05) is 35.5 Å². The Hall–Kier alpha value is -2.69. The first-order chi connectivity index (χ1) is 8.84. The van der Waals surface area contributed by atoms with Gasteiger partial charge in [0, 0.05) is 11.8 Å². The number of pyridine rings is 1. The van der Waals surface area contributed by atoms with E-state index in [1.165, 1.54) is 0 Å². The molecule has 0 unspecified atom stereocenters. The van der Waals surface area contributed by atoms with E-state index < -0.39 is 0 Å². The lowest BCUT2D eigenvalue weighted by atomic mass is 10.2. The molecule has 0 spiro atoms. The van der Waals surface area contributed by atoms with Crippen LogP contribution in [0.25, 0.3) is 22.8 Å². The summed E-state index contributed by atoms with van der Waals surface area (Å²) in [5.41, 5.74) is 7.92. The van der Waals surface area contributed by atoms with Crippen molar-refractivity contribution in [1.29, 1.82) is 0 Å². The molecular weight excluding hydrogens is 228 g/mol. The third-order valence-electron chi connectivity index (χ3n) is 2.54. The van der Waals surface area contributed by atoms with E-state index in [4.69, 9.17) is 10.3 Å². The molecule has 2 heterocycles. The minimum absolute atomic E-state index is 0.397. The maximum Gasteiger partial charge on any atom is 0.260 e. The van der Waals surface area contributed by atoms with Crippen molar-refractivity contribution in [2.24, 2.45) is 0 Å². The van der Waals surface area contributed by atoms with Gasteiger partial charge >= 0.3 is 0 Å². The second-order valence-corrected chi connectivity index (χ2v) is 3.75. The van der Waals surface area contributed by atoms with Crippen LogP contribution in [0.5, 0.6) is 0 Å². The van der Waals surface area contributed by atoms with Gasteiger partial charge in [0.05, 0.1) is 17.4 Å².